The molecule has 0 aliphatic carbocycles. The van der Waals surface area contributed by atoms with Gasteiger partial charge < -0.3 is 9.47 Å². The number of ether oxygens (including phenoxy) is 2. The average Bonchev–Trinajstić information content (AvgIpc) is 2.67. The van der Waals surface area contributed by atoms with Crippen LogP contribution in [0.25, 0.3) is 22.3 Å². The number of methoxy groups -OCH3 is 2. The van der Waals surface area contributed by atoms with Gasteiger partial charge in [-0.2, -0.15) is 0 Å². The van der Waals surface area contributed by atoms with E-state index < -0.39 is 0 Å². The smallest absolute Gasteiger partial charge is 0.150 e. The fraction of sp³-hybridized carbons (Fsp3) is 0.174. The normalized spacial score (nSPS) is 10.5. The molecule has 0 fully saturated rings. The Kier molecular flexibility index (Phi) is 5.08. The number of aryl methyl sites for hydroxylation is 2. The van der Waals surface area contributed by atoms with Gasteiger partial charge in [-0.25, -0.2) is 0 Å². The maximum atomic E-state index is 11.6. The van der Waals surface area contributed by atoms with Gasteiger partial charge >= 0.3 is 0 Å². The SMILES string of the molecule is COc1ccc(-c2ccc(C=O)c(-c3ccc(OC)cc3C)c2)c(C)c1. The molecule has 0 N–H and O–H groups in total. The molecule has 0 aromatic heterocycles. The van der Waals surface area contributed by atoms with Crippen LogP contribution < -0.4 is 9.47 Å². The predicted octanol–water partition coefficient (Wildman–Crippen LogP) is 5.47. The third kappa shape index (κ3) is 3.33. The minimum absolute atomic E-state index is 0.674. The van der Waals surface area contributed by atoms with E-state index in [4.69, 9.17) is 9.47 Å². The van der Waals surface area contributed by atoms with Gasteiger partial charge in [0.05, 0.1) is 14.2 Å². The van der Waals surface area contributed by atoms with E-state index in [1.54, 1.807) is 14.2 Å². The molecule has 3 aromatic rings. The fourth-order valence-corrected chi connectivity index (χ4v) is 3.21. The molecule has 0 heterocycles. The van der Waals surface area contributed by atoms with Crippen molar-refractivity contribution in [2.75, 3.05) is 14.2 Å². The van der Waals surface area contributed by atoms with Crippen LogP contribution in [0.4, 0.5) is 0 Å². The Labute approximate surface area is 154 Å². The van der Waals surface area contributed by atoms with E-state index in [-0.39, 0.29) is 0 Å². The third-order valence-corrected chi connectivity index (χ3v) is 4.65. The van der Waals surface area contributed by atoms with Gasteiger partial charge in [-0.15, -0.1) is 0 Å². The second-order valence-corrected chi connectivity index (χ2v) is 6.28. The zero-order valence-corrected chi connectivity index (χ0v) is 15.5. The minimum atomic E-state index is 0.674. The average molecular weight is 346 g/mol. The Bertz CT molecular complexity index is 958. The summed E-state index contributed by atoms with van der Waals surface area (Å²) in [6, 6.07) is 17.9. The summed E-state index contributed by atoms with van der Waals surface area (Å²) in [5.74, 6) is 1.64. The van der Waals surface area contributed by atoms with Crippen molar-refractivity contribution in [2.24, 2.45) is 0 Å². The van der Waals surface area contributed by atoms with Gasteiger partial charge in [0.15, 0.2) is 6.29 Å². The van der Waals surface area contributed by atoms with Crippen molar-refractivity contribution < 1.29 is 14.3 Å². The van der Waals surface area contributed by atoms with Crippen LogP contribution >= 0.6 is 0 Å². The molecule has 0 saturated heterocycles. The van der Waals surface area contributed by atoms with Crippen molar-refractivity contribution in [3.8, 4) is 33.8 Å². The van der Waals surface area contributed by atoms with Gasteiger partial charge in [0.1, 0.15) is 11.5 Å². The van der Waals surface area contributed by atoms with E-state index in [1.807, 2.05) is 49.4 Å². The third-order valence-electron chi connectivity index (χ3n) is 4.65. The highest BCUT2D eigenvalue weighted by Gasteiger charge is 2.12. The van der Waals surface area contributed by atoms with Gasteiger partial charge in [0.25, 0.3) is 0 Å². The van der Waals surface area contributed by atoms with Crippen LogP contribution in [0.5, 0.6) is 11.5 Å². The summed E-state index contributed by atoms with van der Waals surface area (Å²) in [7, 11) is 3.32. The molecule has 0 saturated carbocycles. The van der Waals surface area contributed by atoms with Crippen LogP contribution in [0.15, 0.2) is 54.6 Å². The van der Waals surface area contributed by atoms with E-state index in [2.05, 4.69) is 19.1 Å². The maximum absolute atomic E-state index is 11.6. The zero-order valence-electron chi connectivity index (χ0n) is 15.5. The lowest BCUT2D eigenvalue weighted by Gasteiger charge is -2.14. The van der Waals surface area contributed by atoms with Crippen molar-refractivity contribution in [1.29, 1.82) is 0 Å². The number of aldehydes is 1. The Balaban J connectivity index is 2.15. The predicted molar refractivity (Wildman–Crippen MR) is 105 cm³/mol. The van der Waals surface area contributed by atoms with Gasteiger partial charge in [0.2, 0.25) is 0 Å². The molecular formula is C23H22O3. The molecule has 0 atom stereocenters. The first-order valence-corrected chi connectivity index (χ1v) is 8.46. The van der Waals surface area contributed by atoms with Crippen LogP contribution in [-0.2, 0) is 0 Å². The molecule has 0 radical (unpaired) electrons. The molecule has 3 aromatic carbocycles. The van der Waals surface area contributed by atoms with Crippen molar-refractivity contribution in [2.45, 2.75) is 13.8 Å². The Morgan fingerprint density at radius 2 is 1.27 bits per heavy atom. The van der Waals surface area contributed by atoms with Crippen LogP contribution in [0, 0.1) is 13.8 Å². The quantitative estimate of drug-likeness (QED) is 0.575. The maximum Gasteiger partial charge on any atom is 0.150 e. The number of rotatable bonds is 5. The largest absolute Gasteiger partial charge is 0.497 e. The Morgan fingerprint density at radius 3 is 1.77 bits per heavy atom. The number of carbonyl (C=O) groups is 1. The molecule has 3 nitrogen and oxygen atoms in total. The molecular weight excluding hydrogens is 324 g/mol. The number of hydrogen-bond donors (Lipinski definition) is 0. The number of carbonyl (C=O) groups excluding carboxylic acids is 1. The number of hydrogen-bond acceptors (Lipinski definition) is 3. The summed E-state index contributed by atoms with van der Waals surface area (Å²) in [5.41, 5.74) is 7.01. The van der Waals surface area contributed by atoms with Crippen molar-refractivity contribution in [1.82, 2.24) is 0 Å². The van der Waals surface area contributed by atoms with Gasteiger partial charge in [-0.3, -0.25) is 4.79 Å². The monoisotopic (exact) mass is 346 g/mol. The zero-order chi connectivity index (χ0) is 18.7. The topological polar surface area (TPSA) is 35.5 Å². The second-order valence-electron chi connectivity index (χ2n) is 6.28. The summed E-state index contributed by atoms with van der Waals surface area (Å²) in [6.07, 6.45) is 0.906. The van der Waals surface area contributed by atoms with Crippen LogP contribution in [-0.4, -0.2) is 20.5 Å². The Hall–Kier alpha value is -3.07. The first kappa shape index (κ1) is 17.7. The van der Waals surface area contributed by atoms with Crippen molar-refractivity contribution in [3.63, 3.8) is 0 Å². The van der Waals surface area contributed by atoms with E-state index in [0.717, 1.165) is 51.2 Å². The summed E-state index contributed by atoms with van der Waals surface area (Å²) < 4.78 is 10.6. The summed E-state index contributed by atoms with van der Waals surface area (Å²) >= 11 is 0. The van der Waals surface area contributed by atoms with Crippen LogP contribution in [0.3, 0.4) is 0 Å². The fourth-order valence-electron chi connectivity index (χ4n) is 3.21. The molecule has 0 spiro atoms. The van der Waals surface area contributed by atoms with Gasteiger partial charge in [-0.05, 0) is 77.6 Å². The van der Waals surface area contributed by atoms with E-state index in [9.17, 15) is 4.79 Å². The molecule has 3 rings (SSSR count). The molecule has 0 unspecified atom stereocenters. The van der Waals surface area contributed by atoms with Crippen molar-refractivity contribution in [3.05, 3.63) is 71.3 Å². The van der Waals surface area contributed by atoms with E-state index in [1.165, 1.54) is 0 Å². The molecule has 132 valence electrons. The van der Waals surface area contributed by atoms with Crippen molar-refractivity contribution >= 4 is 6.29 Å². The Morgan fingerprint density at radius 1 is 0.692 bits per heavy atom. The van der Waals surface area contributed by atoms with Crippen LogP contribution in [0.1, 0.15) is 21.5 Å². The van der Waals surface area contributed by atoms with Crippen LogP contribution in [0.2, 0.25) is 0 Å². The molecule has 3 heteroatoms. The van der Waals surface area contributed by atoms with E-state index in [0.29, 0.717) is 5.56 Å². The molecule has 26 heavy (non-hydrogen) atoms. The summed E-state index contributed by atoms with van der Waals surface area (Å²) in [4.78, 5) is 11.6. The van der Waals surface area contributed by atoms with Gasteiger partial charge in [-0.1, -0.05) is 24.3 Å². The molecule has 0 aliphatic rings. The van der Waals surface area contributed by atoms with E-state index >= 15 is 0 Å². The minimum Gasteiger partial charge on any atom is -0.497 e. The first-order valence-electron chi connectivity index (χ1n) is 8.46. The lowest BCUT2D eigenvalue weighted by molar-refractivity contribution is 0.112. The number of benzene rings is 3. The lowest BCUT2D eigenvalue weighted by atomic mass is 9.91. The molecule has 0 aliphatic heterocycles. The summed E-state index contributed by atoms with van der Waals surface area (Å²) in [5, 5.41) is 0. The van der Waals surface area contributed by atoms with Gasteiger partial charge in [0, 0.05) is 5.56 Å². The highest BCUT2D eigenvalue weighted by atomic mass is 16.5. The summed E-state index contributed by atoms with van der Waals surface area (Å²) in [6.45, 7) is 4.08. The first-order chi connectivity index (χ1) is 12.6. The second kappa shape index (κ2) is 7.44. The highest BCUT2D eigenvalue weighted by molar-refractivity contribution is 5.91. The molecule has 0 amide bonds. The highest BCUT2D eigenvalue weighted by Crippen LogP contribution is 2.34. The lowest BCUT2D eigenvalue weighted by Crippen LogP contribution is -1.94. The molecule has 0 bridgehead atoms. The standard InChI is InChI=1S/C23H22O3/c1-15-11-19(25-3)7-9-21(15)17-5-6-18(14-24)23(13-17)22-10-8-20(26-4)12-16(22)2/h5-14H,1-4H3.